The molecule has 3 N–H and O–H groups in total. The second kappa shape index (κ2) is 9.92. The minimum Gasteiger partial charge on any atom is -0.508 e. The number of phenolic OH excluding ortho intramolecular Hbond substituents is 1. The number of H-pyrrole nitrogens is 1. The highest BCUT2D eigenvalue weighted by Crippen LogP contribution is 2.31. The third kappa shape index (κ3) is 5.95. The van der Waals surface area contributed by atoms with E-state index in [1.807, 2.05) is 6.92 Å². The number of pyridine rings is 1. The van der Waals surface area contributed by atoms with Crippen LogP contribution in [-0.2, 0) is 0 Å². The largest absolute Gasteiger partial charge is 0.508 e. The van der Waals surface area contributed by atoms with Crippen molar-refractivity contribution < 1.29 is 15.0 Å². The quantitative estimate of drug-likeness (QED) is 0.325. The van der Waals surface area contributed by atoms with Crippen LogP contribution in [0, 0.1) is 11.8 Å². The van der Waals surface area contributed by atoms with Gasteiger partial charge in [0.15, 0.2) is 5.78 Å². The van der Waals surface area contributed by atoms with Gasteiger partial charge >= 0.3 is 0 Å². The van der Waals surface area contributed by atoms with E-state index in [1.165, 1.54) is 24.4 Å². The molecule has 0 bridgehead atoms. The maximum atomic E-state index is 12.6. The van der Waals surface area contributed by atoms with Gasteiger partial charge < -0.3 is 15.2 Å². The normalized spacial score (nSPS) is 14.1. The Kier molecular flexibility index (Phi) is 7.59. The summed E-state index contributed by atoms with van der Waals surface area (Å²) in [4.78, 5) is 27.3. The van der Waals surface area contributed by atoms with Crippen LogP contribution in [0.15, 0.2) is 59.1 Å². The molecule has 29 heavy (non-hydrogen) atoms. The summed E-state index contributed by atoms with van der Waals surface area (Å²) >= 11 is 0. The van der Waals surface area contributed by atoms with E-state index in [2.05, 4.69) is 31.8 Å². The Balaban J connectivity index is 2.26. The van der Waals surface area contributed by atoms with Crippen LogP contribution in [0.1, 0.15) is 50.9 Å². The van der Waals surface area contributed by atoms with Gasteiger partial charge in [0, 0.05) is 11.8 Å². The maximum Gasteiger partial charge on any atom is 0.263 e. The molecule has 1 aromatic heterocycles. The molecule has 0 saturated heterocycles. The van der Waals surface area contributed by atoms with Crippen molar-refractivity contribution in [3.63, 3.8) is 0 Å². The summed E-state index contributed by atoms with van der Waals surface area (Å²) in [5, 5.41) is 20.0. The summed E-state index contributed by atoms with van der Waals surface area (Å²) in [5.41, 5.74) is 0.874. The molecule has 154 valence electrons. The van der Waals surface area contributed by atoms with E-state index in [9.17, 15) is 19.8 Å². The molecule has 0 unspecified atom stereocenters. The van der Waals surface area contributed by atoms with Gasteiger partial charge in [-0.3, -0.25) is 9.59 Å². The number of rotatable bonds is 8. The topological polar surface area (TPSA) is 90.4 Å². The number of allylic oxidation sites excluding steroid dienone is 4. The van der Waals surface area contributed by atoms with Gasteiger partial charge in [-0.1, -0.05) is 57.0 Å². The van der Waals surface area contributed by atoms with Crippen LogP contribution in [-0.4, -0.2) is 21.0 Å². The molecule has 2 rings (SSSR count). The summed E-state index contributed by atoms with van der Waals surface area (Å²) in [6, 6.07) is 6.13. The first-order chi connectivity index (χ1) is 13.7. The van der Waals surface area contributed by atoms with Gasteiger partial charge in [0.05, 0.1) is 0 Å². The molecule has 0 amide bonds. The lowest BCUT2D eigenvalue weighted by Gasteiger charge is -2.12. The average molecular weight is 395 g/mol. The summed E-state index contributed by atoms with van der Waals surface area (Å²) in [6.45, 7) is 8.44. The number of carbonyl (C=O) groups excluding carboxylic acids is 1. The van der Waals surface area contributed by atoms with Crippen LogP contribution in [0.25, 0.3) is 11.1 Å². The van der Waals surface area contributed by atoms with E-state index in [0.717, 1.165) is 18.4 Å². The zero-order chi connectivity index (χ0) is 21.6. The van der Waals surface area contributed by atoms with Gasteiger partial charge in [0.25, 0.3) is 5.56 Å². The summed E-state index contributed by atoms with van der Waals surface area (Å²) in [6.07, 6.45) is 8.64. The van der Waals surface area contributed by atoms with Gasteiger partial charge in [-0.25, -0.2) is 0 Å². The van der Waals surface area contributed by atoms with Gasteiger partial charge in [-0.15, -0.1) is 0 Å². The maximum absolute atomic E-state index is 12.6. The number of phenols is 1. The highest BCUT2D eigenvalue weighted by Gasteiger charge is 2.18. The standard InChI is InChI=1S/C24H29NO4/c1-5-15(2)12-17(4)13-16(3)6-11-21(27)22-23(28)20(14-25-24(22)29)18-7-9-19(26)10-8-18/h6-11,13-15,17,26H,5,12H2,1-4H3,(H2,25,28,29)/b11-6+,16-13+/t15-,17-/m1/s1. The minimum atomic E-state index is -0.647. The van der Waals surface area contributed by atoms with Crippen molar-refractivity contribution in [1.29, 1.82) is 0 Å². The second-order valence-electron chi connectivity index (χ2n) is 7.64. The SMILES string of the molecule is CC[C@@H](C)C[C@@H](C)/C=C(C)/C=C/C(=O)c1c(O)c(-c2ccc(O)cc2)c[nH]c1=O. The fourth-order valence-corrected chi connectivity index (χ4v) is 3.27. The Labute approximate surface area is 171 Å². The van der Waals surface area contributed by atoms with E-state index >= 15 is 0 Å². The number of hydrogen-bond acceptors (Lipinski definition) is 4. The van der Waals surface area contributed by atoms with Crippen molar-refractivity contribution in [1.82, 2.24) is 4.98 Å². The van der Waals surface area contributed by atoms with Crippen LogP contribution in [0.2, 0.25) is 0 Å². The molecule has 0 aliphatic heterocycles. The van der Waals surface area contributed by atoms with Gasteiger partial charge in [0.2, 0.25) is 0 Å². The third-order valence-corrected chi connectivity index (χ3v) is 5.01. The highest BCUT2D eigenvalue weighted by atomic mass is 16.3. The Morgan fingerprint density at radius 3 is 2.41 bits per heavy atom. The van der Waals surface area contributed by atoms with E-state index in [4.69, 9.17) is 0 Å². The zero-order valence-electron chi connectivity index (χ0n) is 17.4. The van der Waals surface area contributed by atoms with Crippen LogP contribution in [0.5, 0.6) is 11.5 Å². The Morgan fingerprint density at radius 2 is 1.79 bits per heavy atom. The van der Waals surface area contributed by atoms with Crippen molar-refractivity contribution in [2.75, 3.05) is 0 Å². The second-order valence-corrected chi connectivity index (χ2v) is 7.64. The van der Waals surface area contributed by atoms with Crippen molar-refractivity contribution in [3.8, 4) is 22.6 Å². The molecule has 2 atom stereocenters. The average Bonchev–Trinajstić information content (AvgIpc) is 2.67. The molecule has 2 aromatic rings. The fraction of sp³-hybridized carbons (Fsp3) is 0.333. The first-order valence-electron chi connectivity index (χ1n) is 9.87. The first kappa shape index (κ1) is 22.2. The van der Waals surface area contributed by atoms with Crippen LogP contribution in [0.4, 0.5) is 0 Å². The number of aromatic nitrogens is 1. The van der Waals surface area contributed by atoms with E-state index < -0.39 is 11.3 Å². The highest BCUT2D eigenvalue weighted by molar-refractivity contribution is 6.07. The Hall–Kier alpha value is -3.08. The van der Waals surface area contributed by atoms with Crippen molar-refractivity contribution in [2.24, 2.45) is 11.8 Å². The molecule has 5 heteroatoms. The van der Waals surface area contributed by atoms with Crippen molar-refractivity contribution in [3.05, 3.63) is 70.2 Å². The molecular formula is C24H29NO4. The first-order valence-corrected chi connectivity index (χ1v) is 9.87. The summed E-state index contributed by atoms with van der Waals surface area (Å²) in [7, 11) is 0. The molecule has 0 aliphatic carbocycles. The van der Waals surface area contributed by atoms with Gasteiger partial charge in [0.1, 0.15) is 17.1 Å². The monoisotopic (exact) mass is 395 g/mol. The Bertz CT molecular complexity index is 967. The minimum absolute atomic E-state index is 0.0849. The number of hydrogen-bond donors (Lipinski definition) is 3. The lowest BCUT2D eigenvalue weighted by atomic mass is 9.94. The van der Waals surface area contributed by atoms with Crippen LogP contribution < -0.4 is 5.56 Å². The molecule has 0 aliphatic rings. The molecular weight excluding hydrogens is 366 g/mol. The number of aromatic amines is 1. The molecule has 0 saturated carbocycles. The molecule has 0 fully saturated rings. The zero-order valence-corrected chi connectivity index (χ0v) is 17.4. The van der Waals surface area contributed by atoms with Crippen molar-refractivity contribution >= 4 is 5.78 Å². The Morgan fingerprint density at radius 1 is 1.14 bits per heavy atom. The van der Waals surface area contributed by atoms with Gasteiger partial charge in [-0.2, -0.15) is 0 Å². The molecule has 1 heterocycles. The molecule has 0 radical (unpaired) electrons. The predicted octanol–water partition coefficient (Wildman–Crippen LogP) is 5.21. The van der Waals surface area contributed by atoms with E-state index in [-0.39, 0.29) is 17.1 Å². The number of carbonyl (C=O) groups is 1. The van der Waals surface area contributed by atoms with Crippen LogP contribution >= 0.6 is 0 Å². The summed E-state index contributed by atoms with van der Waals surface area (Å²) < 4.78 is 0. The molecule has 5 nitrogen and oxygen atoms in total. The van der Waals surface area contributed by atoms with Crippen molar-refractivity contribution in [2.45, 2.75) is 40.5 Å². The third-order valence-electron chi connectivity index (χ3n) is 5.01. The number of aromatic hydroxyl groups is 2. The lowest BCUT2D eigenvalue weighted by molar-refractivity contribution is 0.104. The number of ketones is 1. The number of nitrogens with one attached hydrogen (secondary N) is 1. The predicted molar refractivity (Wildman–Crippen MR) is 116 cm³/mol. The number of benzene rings is 1. The summed E-state index contributed by atoms with van der Waals surface area (Å²) in [5.74, 6) is 0.173. The van der Waals surface area contributed by atoms with Gasteiger partial charge in [-0.05, 0) is 49.0 Å². The van der Waals surface area contributed by atoms with E-state index in [0.29, 0.717) is 23.0 Å². The smallest absolute Gasteiger partial charge is 0.263 e. The lowest BCUT2D eigenvalue weighted by Crippen LogP contribution is -2.16. The molecule has 1 aromatic carbocycles. The van der Waals surface area contributed by atoms with E-state index in [1.54, 1.807) is 18.2 Å². The molecule has 0 spiro atoms. The fourth-order valence-electron chi connectivity index (χ4n) is 3.27. The van der Waals surface area contributed by atoms with Crippen LogP contribution in [0.3, 0.4) is 0 Å².